The van der Waals surface area contributed by atoms with Crippen molar-refractivity contribution < 1.29 is 18.7 Å². The molecule has 5 heteroatoms. The van der Waals surface area contributed by atoms with Crippen LogP contribution >= 0.6 is 7.60 Å². The number of hydrogen-bond acceptors (Lipinski definition) is 4. The zero-order valence-corrected chi connectivity index (χ0v) is 9.74. The highest BCUT2D eigenvalue weighted by Gasteiger charge is 2.13. The van der Waals surface area contributed by atoms with Crippen molar-refractivity contribution in [2.75, 3.05) is 20.4 Å². The molecule has 0 aromatic heterocycles. The smallest absolute Gasteiger partial charge is 0.327 e. The van der Waals surface area contributed by atoms with Crippen LogP contribution in [0.4, 0.5) is 0 Å². The first kappa shape index (κ1) is 12.2. The normalized spacial score (nSPS) is 14.8. The van der Waals surface area contributed by atoms with Gasteiger partial charge < -0.3 is 14.2 Å². The minimum atomic E-state index is -2.87. The predicted octanol–water partition coefficient (Wildman–Crippen LogP) is 2.42. The lowest BCUT2D eigenvalue weighted by Crippen LogP contribution is -1.97. The van der Waals surface area contributed by atoms with E-state index in [4.69, 9.17) is 9.63 Å². The second-order valence-electron chi connectivity index (χ2n) is 3.20. The van der Waals surface area contributed by atoms with E-state index in [1.807, 2.05) is 0 Å². The van der Waals surface area contributed by atoms with Gasteiger partial charge in [-0.15, -0.1) is 0 Å². The molecule has 1 aromatic carbocycles. The van der Waals surface area contributed by atoms with Gasteiger partial charge >= 0.3 is 7.60 Å². The van der Waals surface area contributed by atoms with Crippen molar-refractivity contribution in [3.63, 3.8) is 0 Å². The molecule has 4 nitrogen and oxygen atoms in total. The summed E-state index contributed by atoms with van der Waals surface area (Å²) in [5.74, 6) is 0.234. The van der Waals surface area contributed by atoms with Gasteiger partial charge in [0.1, 0.15) is 5.75 Å². The van der Waals surface area contributed by atoms with E-state index in [-0.39, 0.29) is 5.75 Å². The maximum Gasteiger partial charge on any atom is 0.327 e. The van der Waals surface area contributed by atoms with Gasteiger partial charge in [0, 0.05) is 13.8 Å². The van der Waals surface area contributed by atoms with Gasteiger partial charge in [-0.25, -0.2) is 0 Å². The van der Waals surface area contributed by atoms with Gasteiger partial charge in [0.25, 0.3) is 0 Å². The largest absolute Gasteiger partial charge is 0.508 e. The highest BCUT2D eigenvalue weighted by Crippen LogP contribution is 2.42. The van der Waals surface area contributed by atoms with Gasteiger partial charge in [0.15, 0.2) is 0 Å². The number of hydrogen-bond donors (Lipinski definition) is 1. The van der Waals surface area contributed by atoms with Crippen LogP contribution in [0.1, 0.15) is 5.56 Å². The first-order chi connectivity index (χ1) is 7.03. The summed E-state index contributed by atoms with van der Waals surface area (Å²) >= 11 is 0. The Kier molecular flexibility index (Phi) is 4.33. The molecular weight excluding hydrogens is 215 g/mol. The Labute approximate surface area is 89.4 Å². The molecule has 1 aromatic rings. The molecule has 0 heterocycles. The molecule has 84 valence electrons. The Hall–Kier alpha value is -0.830. The SMILES string of the molecule is COP(C)(=O)OCCc1ccc(O)cc1. The van der Waals surface area contributed by atoms with E-state index in [2.05, 4.69) is 4.52 Å². The summed E-state index contributed by atoms with van der Waals surface area (Å²) in [6.07, 6.45) is 0.640. The molecule has 0 fully saturated rings. The fraction of sp³-hybridized carbons (Fsp3) is 0.400. The fourth-order valence-corrected chi connectivity index (χ4v) is 1.57. The highest BCUT2D eigenvalue weighted by molar-refractivity contribution is 7.52. The van der Waals surface area contributed by atoms with Crippen LogP contribution in [0, 0.1) is 0 Å². The molecule has 0 bridgehead atoms. The van der Waals surface area contributed by atoms with E-state index in [1.54, 1.807) is 24.3 Å². The van der Waals surface area contributed by atoms with Crippen molar-refractivity contribution in [1.82, 2.24) is 0 Å². The van der Waals surface area contributed by atoms with E-state index in [0.29, 0.717) is 13.0 Å². The zero-order chi connectivity index (χ0) is 11.3. The molecular formula is C10H15O4P. The summed E-state index contributed by atoms with van der Waals surface area (Å²) < 4.78 is 21.1. The van der Waals surface area contributed by atoms with Crippen molar-refractivity contribution in [2.45, 2.75) is 6.42 Å². The number of phenolic OH excluding ortho intramolecular Hbond substituents is 1. The summed E-state index contributed by atoms with van der Waals surface area (Å²) in [6, 6.07) is 6.81. The molecule has 0 aliphatic heterocycles. The molecule has 0 aliphatic carbocycles. The maximum absolute atomic E-state index is 11.3. The van der Waals surface area contributed by atoms with Crippen molar-refractivity contribution in [3.05, 3.63) is 29.8 Å². The van der Waals surface area contributed by atoms with Crippen molar-refractivity contribution in [2.24, 2.45) is 0 Å². The van der Waals surface area contributed by atoms with Gasteiger partial charge in [-0.05, 0) is 24.1 Å². The van der Waals surface area contributed by atoms with Gasteiger partial charge in [0.2, 0.25) is 0 Å². The first-order valence-corrected chi connectivity index (χ1v) is 6.58. The first-order valence-electron chi connectivity index (χ1n) is 4.59. The van der Waals surface area contributed by atoms with Crippen LogP contribution in [0.15, 0.2) is 24.3 Å². The Bertz CT molecular complexity index is 347. The van der Waals surface area contributed by atoms with Crippen LogP contribution in [-0.2, 0) is 20.0 Å². The zero-order valence-electron chi connectivity index (χ0n) is 8.84. The average Bonchev–Trinajstić information content (AvgIpc) is 2.21. The van der Waals surface area contributed by atoms with Crippen molar-refractivity contribution in [1.29, 1.82) is 0 Å². The molecule has 1 rings (SSSR count). The monoisotopic (exact) mass is 230 g/mol. The molecule has 1 unspecified atom stereocenters. The molecule has 0 aliphatic rings. The van der Waals surface area contributed by atoms with E-state index in [9.17, 15) is 4.57 Å². The number of phenols is 1. The van der Waals surface area contributed by atoms with Crippen LogP contribution in [0.2, 0.25) is 0 Å². The topological polar surface area (TPSA) is 55.8 Å². The minimum absolute atomic E-state index is 0.234. The van der Waals surface area contributed by atoms with Crippen LogP contribution in [0.5, 0.6) is 5.75 Å². The van der Waals surface area contributed by atoms with Crippen LogP contribution in [0.3, 0.4) is 0 Å². The second kappa shape index (κ2) is 5.31. The fourth-order valence-electron chi connectivity index (χ4n) is 1.04. The molecule has 0 radical (unpaired) electrons. The van der Waals surface area contributed by atoms with Crippen LogP contribution in [-0.4, -0.2) is 25.5 Å². The number of rotatable bonds is 5. The molecule has 1 atom stereocenters. The standard InChI is InChI=1S/C10H15O4P/c1-13-15(2,12)14-8-7-9-3-5-10(11)6-4-9/h3-6,11H,7-8H2,1-2H3. The Morgan fingerprint density at radius 3 is 2.47 bits per heavy atom. The quantitative estimate of drug-likeness (QED) is 0.789. The van der Waals surface area contributed by atoms with Gasteiger partial charge in [-0.3, -0.25) is 4.57 Å². The average molecular weight is 230 g/mol. The van der Waals surface area contributed by atoms with E-state index >= 15 is 0 Å². The molecule has 0 amide bonds. The van der Waals surface area contributed by atoms with Crippen molar-refractivity contribution >= 4 is 7.60 Å². The Balaban J connectivity index is 2.38. The Morgan fingerprint density at radius 1 is 1.33 bits per heavy atom. The van der Waals surface area contributed by atoms with E-state index in [1.165, 1.54) is 13.8 Å². The molecule has 0 spiro atoms. The van der Waals surface area contributed by atoms with Gasteiger partial charge in [0.05, 0.1) is 6.61 Å². The lowest BCUT2D eigenvalue weighted by Gasteiger charge is -2.10. The number of benzene rings is 1. The van der Waals surface area contributed by atoms with Gasteiger partial charge in [-0.2, -0.15) is 0 Å². The van der Waals surface area contributed by atoms with E-state index in [0.717, 1.165) is 5.56 Å². The van der Waals surface area contributed by atoms with E-state index < -0.39 is 7.60 Å². The lowest BCUT2D eigenvalue weighted by molar-refractivity contribution is 0.241. The predicted molar refractivity (Wildman–Crippen MR) is 58.3 cm³/mol. The maximum atomic E-state index is 11.3. The minimum Gasteiger partial charge on any atom is -0.508 e. The summed E-state index contributed by atoms with van der Waals surface area (Å²) in [5, 5.41) is 9.05. The van der Waals surface area contributed by atoms with Gasteiger partial charge in [-0.1, -0.05) is 12.1 Å². The van der Waals surface area contributed by atoms with Crippen LogP contribution in [0.25, 0.3) is 0 Å². The summed E-state index contributed by atoms with van der Waals surface area (Å²) in [5.41, 5.74) is 1.02. The summed E-state index contributed by atoms with van der Waals surface area (Å²) in [7, 11) is -1.51. The highest BCUT2D eigenvalue weighted by atomic mass is 31.2. The van der Waals surface area contributed by atoms with Crippen molar-refractivity contribution in [3.8, 4) is 5.75 Å². The number of aromatic hydroxyl groups is 1. The second-order valence-corrected chi connectivity index (χ2v) is 5.37. The van der Waals surface area contributed by atoms with Crippen LogP contribution < -0.4 is 0 Å². The third kappa shape index (κ3) is 4.47. The third-order valence-electron chi connectivity index (χ3n) is 1.98. The molecule has 0 saturated heterocycles. The molecule has 0 saturated carbocycles. The molecule has 15 heavy (non-hydrogen) atoms. The third-order valence-corrected chi connectivity index (χ3v) is 3.30. The Morgan fingerprint density at radius 2 is 1.93 bits per heavy atom. The molecule has 1 N–H and O–H groups in total. The summed E-state index contributed by atoms with van der Waals surface area (Å²) in [4.78, 5) is 0. The lowest BCUT2D eigenvalue weighted by atomic mass is 10.2. The summed E-state index contributed by atoms with van der Waals surface area (Å²) in [6.45, 7) is 1.77.